The summed E-state index contributed by atoms with van der Waals surface area (Å²) in [6.07, 6.45) is 3.73. The molecule has 9 heteroatoms. The number of aromatic nitrogens is 4. The molecule has 2 aromatic rings. The van der Waals surface area contributed by atoms with E-state index in [9.17, 15) is 9.59 Å². The largest absolute Gasteiger partial charge is 0.354 e. The number of carbonyl (C=O) groups is 2. The van der Waals surface area contributed by atoms with Gasteiger partial charge in [-0.1, -0.05) is 0 Å². The van der Waals surface area contributed by atoms with Crippen molar-refractivity contribution in [1.82, 2.24) is 24.9 Å². The lowest BCUT2D eigenvalue weighted by molar-refractivity contribution is -0.116. The first-order valence-electron chi connectivity index (χ1n) is 7.23. The highest BCUT2D eigenvalue weighted by molar-refractivity contribution is 9.10. The number of hydrogen-bond acceptors (Lipinski definition) is 4. The maximum absolute atomic E-state index is 12.1. The van der Waals surface area contributed by atoms with Crippen LogP contribution in [0.5, 0.6) is 0 Å². The third-order valence-electron chi connectivity index (χ3n) is 3.26. The molecule has 0 atom stereocenters. The first-order valence-corrected chi connectivity index (χ1v) is 8.02. The van der Waals surface area contributed by atoms with Crippen molar-refractivity contribution in [2.24, 2.45) is 0 Å². The maximum atomic E-state index is 12.1. The van der Waals surface area contributed by atoms with Crippen molar-refractivity contribution < 1.29 is 9.59 Å². The first kappa shape index (κ1) is 17.2. The van der Waals surface area contributed by atoms with E-state index in [2.05, 4.69) is 36.8 Å². The Hall–Kier alpha value is -2.16. The van der Waals surface area contributed by atoms with Gasteiger partial charge in [0, 0.05) is 39.0 Å². The highest BCUT2D eigenvalue weighted by atomic mass is 79.9. The second kappa shape index (κ2) is 7.40. The number of aryl methyl sites for hydroxylation is 3. The normalized spacial score (nSPS) is 10.6. The Morgan fingerprint density at radius 1 is 1.26 bits per heavy atom. The van der Waals surface area contributed by atoms with Gasteiger partial charge in [-0.15, -0.1) is 0 Å². The fourth-order valence-corrected chi connectivity index (χ4v) is 2.31. The maximum Gasteiger partial charge on any atom is 0.273 e. The van der Waals surface area contributed by atoms with Crippen molar-refractivity contribution in [3.63, 3.8) is 0 Å². The van der Waals surface area contributed by atoms with Crippen LogP contribution in [0.15, 0.2) is 16.9 Å². The second-order valence-electron chi connectivity index (χ2n) is 4.95. The summed E-state index contributed by atoms with van der Waals surface area (Å²) in [6, 6.07) is 0. The molecule has 2 N–H and O–H groups in total. The van der Waals surface area contributed by atoms with Gasteiger partial charge in [0.05, 0.1) is 15.9 Å². The summed E-state index contributed by atoms with van der Waals surface area (Å²) in [5.41, 5.74) is 1.49. The number of amides is 2. The molecule has 0 aliphatic rings. The Kier molecular flexibility index (Phi) is 5.54. The predicted octanol–water partition coefficient (Wildman–Crippen LogP) is 1.56. The van der Waals surface area contributed by atoms with Crippen LogP contribution in [-0.4, -0.2) is 38.4 Å². The van der Waals surface area contributed by atoms with Gasteiger partial charge in [-0.3, -0.25) is 19.0 Å². The lowest BCUT2D eigenvalue weighted by Gasteiger charge is -2.05. The summed E-state index contributed by atoms with van der Waals surface area (Å²) >= 11 is 3.38. The van der Waals surface area contributed by atoms with E-state index >= 15 is 0 Å². The van der Waals surface area contributed by atoms with Gasteiger partial charge in [0.2, 0.25) is 5.91 Å². The van der Waals surface area contributed by atoms with E-state index in [-0.39, 0.29) is 23.9 Å². The Morgan fingerprint density at radius 3 is 2.57 bits per heavy atom. The van der Waals surface area contributed by atoms with Crippen LogP contribution in [0.4, 0.5) is 5.69 Å². The standard InChI is InChI=1S/C14H19BrN6O2/c1-4-20-8-11(13(19-20)14(23)16-3)17-12(22)5-6-21-7-10(15)9(2)18-21/h7-8H,4-6H2,1-3H3,(H,16,23)(H,17,22). The van der Waals surface area contributed by atoms with Gasteiger partial charge in [0.15, 0.2) is 5.69 Å². The summed E-state index contributed by atoms with van der Waals surface area (Å²) in [7, 11) is 1.52. The number of nitrogens with zero attached hydrogens (tertiary/aromatic N) is 4. The van der Waals surface area contributed by atoms with Crippen LogP contribution in [0.25, 0.3) is 0 Å². The van der Waals surface area contributed by atoms with Gasteiger partial charge in [0.25, 0.3) is 5.91 Å². The minimum atomic E-state index is -0.334. The first-order chi connectivity index (χ1) is 10.9. The zero-order valence-corrected chi connectivity index (χ0v) is 14.8. The molecular weight excluding hydrogens is 364 g/mol. The van der Waals surface area contributed by atoms with E-state index in [0.29, 0.717) is 18.8 Å². The van der Waals surface area contributed by atoms with Gasteiger partial charge >= 0.3 is 0 Å². The molecule has 2 aromatic heterocycles. The average molecular weight is 383 g/mol. The lowest BCUT2D eigenvalue weighted by Crippen LogP contribution is -2.22. The molecule has 0 radical (unpaired) electrons. The van der Waals surface area contributed by atoms with Crippen LogP contribution in [0, 0.1) is 6.92 Å². The smallest absolute Gasteiger partial charge is 0.273 e. The number of carbonyl (C=O) groups excluding carboxylic acids is 2. The molecule has 8 nitrogen and oxygen atoms in total. The van der Waals surface area contributed by atoms with Crippen molar-refractivity contribution >= 4 is 33.4 Å². The van der Waals surface area contributed by atoms with Crippen LogP contribution in [-0.2, 0) is 17.9 Å². The summed E-state index contributed by atoms with van der Waals surface area (Å²) < 4.78 is 4.21. The molecule has 0 unspecified atom stereocenters. The Balaban J connectivity index is 2.02. The fourth-order valence-electron chi connectivity index (χ4n) is 2.00. The van der Waals surface area contributed by atoms with Crippen LogP contribution < -0.4 is 10.6 Å². The quantitative estimate of drug-likeness (QED) is 0.792. The van der Waals surface area contributed by atoms with Gasteiger partial charge in [-0.2, -0.15) is 10.2 Å². The highest BCUT2D eigenvalue weighted by Gasteiger charge is 2.17. The fraction of sp³-hybridized carbons (Fsp3) is 0.429. The molecule has 0 aromatic carbocycles. The molecule has 0 bridgehead atoms. The summed E-state index contributed by atoms with van der Waals surface area (Å²) in [6.45, 7) is 4.86. The SMILES string of the molecule is CCn1cc(NC(=O)CCn2cc(Br)c(C)n2)c(C(=O)NC)n1. The van der Waals surface area contributed by atoms with Crippen molar-refractivity contribution in [1.29, 1.82) is 0 Å². The summed E-state index contributed by atoms with van der Waals surface area (Å²) in [5, 5.41) is 13.7. The van der Waals surface area contributed by atoms with Crippen molar-refractivity contribution in [3.8, 4) is 0 Å². The van der Waals surface area contributed by atoms with Crippen molar-refractivity contribution in [2.45, 2.75) is 33.4 Å². The Morgan fingerprint density at radius 2 is 2.00 bits per heavy atom. The second-order valence-corrected chi connectivity index (χ2v) is 5.80. The third kappa shape index (κ3) is 4.19. The number of hydrogen-bond donors (Lipinski definition) is 2. The van der Waals surface area contributed by atoms with E-state index in [1.165, 1.54) is 7.05 Å². The lowest BCUT2D eigenvalue weighted by atomic mass is 10.3. The van der Waals surface area contributed by atoms with Crippen LogP contribution in [0.1, 0.15) is 29.5 Å². The number of halogens is 1. The highest BCUT2D eigenvalue weighted by Crippen LogP contribution is 2.15. The van der Waals surface area contributed by atoms with Crippen LogP contribution in [0.2, 0.25) is 0 Å². The molecule has 2 amide bonds. The van der Waals surface area contributed by atoms with Gasteiger partial charge in [0.1, 0.15) is 0 Å². The minimum absolute atomic E-state index is 0.199. The Bertz CT molecular complexity index is 701. The van der Waals surface area contributed by atoms with E-state index in [1.54, 1.807) is 15.6 Å². The van der Waals surface area contributed by atoms with E-state index in [1.807, 2.05) is 20.0 Å². The van der Waals surface area contributed by atoms with E-state index < -0.39 is 0 Å². The van der Waals surface area contributed by atoms with Gasteiger partial charge in [-0.25, -0.2) is 0 Å². The predicted molar refractivity (Wildman–Crippen MR) is 89.2 cm³/mol. The number of anilines is 1. The molecule has 0 saturated carbocycles. The molecule has 0 saturated heterocycles. The van der Waals surface area contributed by atoms with E-state index in [0.717, 1.165) is 10.2 Å². The molecule has 2 rings (SSSR count). The average Bonchev–Trinajstić information content (AvgIpc) is 3.08. The molecular formula is C14H19BrN6O2. The van der Waals surface area contributed by atoms with Gasteiger partial charge in [-0.05, 0) is 29.8 Å². The molecule has 124 valence electrons. The Labute approximate surface area is 142 Å². The van der Waals surface area contributed by atoms with E-state index in [4.69, 9.17) is 0 Å². The van der Waals surface area contributed by atoms with Gasteiger partial charge < -0.3 is 10.6 Å². The molecule has 0 fully saturated rings. The monoisotopic (exact) mass is 382 g/mol. The van der Waals surface area contributed by atoms with Crippen molar-refractivity contribution in [2.75, 3.05) is 12.4 Å². The van der Waals surface area contributed by atoms with Crippen LogP contribution >= 0.6 is 15.9 Å². The summed E-state index contributed by atoms with van der Waals surface area (Å²) in [5.74, 6) is -0.533. The summed E-state index contributed by atoms with van der Waals surface area (Å²) in [4.78, 5) is 23.9. The van der Waals surface area contributed by atoms with Crippen LogP contribution in [0.3, 0.4) is 0 Å². The molecule has 0 aliphatic heterocycles. The molecule has 0 aliphatic carbocycles. The molecule has 0 spiro atoms. The third-order valence-corrected chi connectivity index (χ3v) is 4.03. The topological polar surface area (TPSA) is 93.8 Å². The minimum Gasteiger partial charge on any atom is -0.354 e. The number of rotatable bonds is 6. The molecule has 23 heavy (non-hydrogen) atoms. The zero-order chi connectivity index (χ0) is 17.0. The number of nitrogens with one attached hydrogen (secondary N) is 2. The molecule has 2 heterocycles. The zero-order valence-electron chi connectivity index (χ0n) is 13.3. The van der Waals surface area contributed by atoms with Crippen molar-refractivity contribution in [3.05, 3.63) is 28.3 Å².